The molecule has 6 aromatic rings. The van der Waals surface area contributed by atoms with E-state index >= 15 is 0 Å². The molecule has 2 heterocycles. The van der Waals surface area contributed by atoms with Crippen LogP contribution in [0.2, 0.25) is 0 Å². The average molecular weight is 558 g/mol. The number of para-hydroxylation sites is 2. The predicted octanol–water partition coefficient (Wildman–Crippen LogP) is 9.41. The second kappa shape index (κ2) is 10.6. The molecule has 5 nitrogen and oxygen atoms in total. The lowest BCUT2D eigenvalue weighted by Gasteiger charge is -2.23. The summed E-state index contributed by atoms with van der Waals surface area (Å²) in [4.78, 5) is 22.0. The van der Waals surface area contributed by atoms with Gasteiger partial charge in [-0.05, 0) is 91.1 Å². The van der Waals surface area contributed by atoms with E-state index in [9.17, 15) is 0 Å². The molecule has 43 heavy (non-hydrogen) atoms. The quantitative estimate of drug-likeness (QED) is 0.204. The maximum absolute atomic E-state index is 5.04. The van der Waals surface area contributed by atoms with Crippen molar-refractivity contribution in [2.75, 3.05) is 4.90 Å². The SMILES string of the molecule is Cc1c(-c2ccc(-c3nc(-c4ccccc4)nc(N(c4ccccc4)c4ccccc4)n3)cn2)ccc2c1C1CCC2C1. The summed E-state index contributed by atoms with van der Waals surface area (Å²) < 4.78 is 0. The fourth-order valence-corrected chi connectivity index (χ4v) is 6.98. The molecule has 2 aliphatic rings. The number of nitrogens with zero attached hydrogens (tertiary/aromatic N) is 5. The summed E-state index contributed by atoms with van der Waals surface area (Å²) in [6.07, 6.45) is 5.88. The smallest absolute Gasteiger partial charge is 0.238 e. The summed E-state index contributed by atoms with van der Waals surface area (Å²) in [5.74, 6) is 3.23. The molecule has 2 unspecified atom stereocenters. The highest BCUT2D eigenvalue weighted by atomic mass is 15.3. The summed E-state index contributed by atoms with van der Waals surface area (Å²) in [5, 5.41) is 0. The molecule has 2 atom stereocenters. The van der Waals surface area contributed by atoms with Crippen molar-refractivity contribution >= 4 is 17.3 Å². The Balaban J connectivity index is 1.23. The molecule has 208 valence electrons. The maximum Gasteiger partial charge on any atom is 0.238 e. The van der Waals surface area contributed by atoms with Crippen molar-refractivity contribution in [3.8, 4) is 34.0 Å². The predicted molar refractivity (Wildman–Crippen MR) is 173 cm³/mol. The largest absolute Gasteiger partial charge is 0.279 e. The second-order valence-electron chi connectivity index (χ2n) is 11.5. The molecule has 8 rings (SSSR count). The zero-order valence-electron chi connectivity index (χ0n) is 24.1. The van der Waals surface area contributed by atoms with Crippen LogP contribution in [-0.2, 0) is 0 Å². The van der Waals surface area contributed by atoms with E-state index in [2.05, 4.69) is 60.4 Å². The highest BCUT2D eigenvalue weighted by Crippen LogP contribution is 2.55. The zero-order chi connectivity index (χ0) is 28.8. The van der Waals surface area contributed by atoms with Gasteiger partial charge in [-0.2, -0.15) is 9.97 Å². The van der Waals surface area contributed by atoms with Crippen molar-refractivity contribution in [3.05, 3.63) is 138 Å². The number of fused-ring (bicyclic) bond motifs is 5. The van der Waals surface area contributed by atoms with Crippen LogP contribution >= 0.6 is 0 Å². The maximum atomic E-state index is 5.04. The minimum absolute atomic E-state index is 0.551. The molecule has 0 spiro atoms. The third-order valence-electron chi connectivity index (χ3n) is 9.01. The minimum Gasteiger partial charge on any atom is -0.279 e. The van der Waals surface area contributed by atoms with Crippen molar-refractivity contribution in [1.82, 2.24) is 19.9 Å². The Hall–Kier alpha value is -5.16. The first-order chi connectivity index (χ1) is 21.2. The van der Waals surface area contributed by atoms with Gasteiger partial charge in [-0.15, -0.1) is 0 Å². The fraction of sp³-hybridized carbons (Fsp3) is 0.158. The van der Waals surface area contributed by atoms with Crippen LogP contribution in [0.1, 0.15) is 47.8 Å². The van der Waals surface area contributed by atoms with Crippen molar-refractivity contribution in [2.24, 2.45) is 0 Å². The van der Waals surface area contributed by atoms with E-state index in [-0.39, 0.29) is 0 Å². The van der Waals surface area contributed by atoms with Gasteiger partial charge in [0.2, 0.25) is 5.95 Å². The van der Waals surface area contributed by atoms with E-state index in [0.717, 1.165) is 40.0 Å². The Morgan fingerprint density at radius 2 is 1.23 bits per heavy atom. The Kier molecular flexibility index (Phi) is 6.29. The Morgan fingerprint density at radius 1 is 0.605 bits per heavy atom. The Morgan fingerprint density at radius 3 is 1.88 bits per heavy atom. The topological polar surface area (TPSA) is 54.8 Å². The molecule has 0 N–H and O–H groups in total. The Bertz CT molecular complexity index is 1870. The van der Waals surface area contributed by atoms with Gasteiger partial charge in [0.05, 0.1) is 5.69 Å². The van der Waals surface area contributed by atoms with Crippen LogP contribution in [0.3, 0.4) is 0 Å². The number of rotatable bonds is 6. The highest BCUT2D eigenvalue weighted by molar-refractivity contribution is 5.75. The van der Waals surface area contributed by atoms with Crippen LogP contribution in [0.5, 0.6) is 0 Å². The standard InChI is InChI=1S/C38H31N5/c1-25-32(20-21-33-27-17-18-28(23-27)35(25)33)34-22-19-29(24-39-34)37-40-36(26-11-5-2-6-12-26)41-38(42-37)43(30-13-7-3-8-14-30)31-15-9-4-10-16-31/h2-16,19-22,24,27-28H,17-18,23H2,1H3. The van der Waals surface area contributed by atoms with Gasteiger partial charge >= 0.3 is 0 Å². The molecule has 2 bridgehead atoms. The van der Waals surface area contributed by atoms with E-state index in [1.54, 1.807) is 11.1 Å². The van der Waals surface area contributed by atoms with E-state index in [1.807, 2.05) is 72.9 Å². The Labute approximate surface area is 252 Å². The molecule has 2 aromatic heterocycles. The minimum atomic E-state index is 0.551. The van der Waals surface area contributed by atoms with Crippen molar-refractivity contribution in [2.45, 2.75) is 38.0 Å². The average Bonchev–Trinajstić information content (AvgIpc) is 3.70. The summed E-state index contributed by atoms with van der Waals surface area (Å²) >= 11 is 0. The molecule has 5 heteroatoms. The zero-order valence-corrected chi connectivity index (χ0v) is 24.1. The number of anilines is 3. The van der Waals surface area contributed by atoms with Crippen LogP contribution in [0, 0.1) is 6.92 Å². The monoisotopic (exact) mass is 557 g/mol. The number of pyridine rings is 1. The third kappa shape index (κ3) is 4.58. The number of hydrogen-bond acceptors (Lipinski definition) is 5. The van der Waals surface area contributed by atoms with Crippen LogP contribution in [0.15, 0.2) is 121 Å². The van der Waals surface area contributed by atoms with Crippen LogP contribution in [-0.4, -0.2) is 19.9 Å². The lowest BCUT2D eigenvalue weighted by Crippen LogP contribution is -2.15. The third-order valence-corrected chi connectivity index (χ3v) is 9.01. The van der Waals surface area contributed by atoms with Gasteiger partial charge < -0.3 is 0 Å². The molecule has 0 aliphatic heterocycles. The van der Waals surface area contributed by atoms with Crippen LogP contribution < -0.4 is 4.90 Å². The van der Waals surface area contributed by atoms with Gasteiger partial charge in [-0.25, -0.2) is 4.98 Å². The lowest BCUT2D eigenvalue weighted by molar-refractivity contribution is 0.714. The summed E-state index contributed by atoms with van der Waals surface area (Å²) in [7, 11) is 0. The molecule has 0 saturated heterocycles. The summed E-state index contributed by atoms with van der Waals surface area (Å²) in [6, 6.07) is 39.3. The van der Waals surface area contributed by atoms with E-state index in [0.29, 0.717) is 17.6 Å². The van der Waals surface area contributed by atoms with Crippen molar-refractivity contribution in [1.29, 1.82) is 0 Å². The first-order valence-corrected chi connectivity index (χ1v) is 15.0. The van der Waals surface area contributed by atoms with E-state index < -0.39 is 0 Å². The fourth-order valence-electron chi connectivity index (χ4n) is 6.98. The van der Waals surface area contributed by atoms with Gasteiger partial charge in [-0.1, -0.05) is 78.9 Å². The van der Waals surface area contributed by atoms with E-state index in [4.69, 9.17) is 19.9 Å². The van der Waals surface area contributed by atoms with Crippen molar-refractivity contribution in [3.63, 3.8) is 0 Å². The molecular weight excluding hydrogens is 526 g/mol. The molecule has 1 fully saturated rings. The summed E-state index contributed by atoms with van der Waals surface area (Å²) in [5.41, 5.74) is 10.5. The van der Waals surface area contributed by atoms with Gasteiger partial charge in [0, 0.05) is 34.3 Å². The van der Waals surface area contributed by atoms with Crippen LogP contribution in [0.4, 0.5) is 17.3 Å². The second-order valence-corrected chi connectivity index (χ2v) is 11.5. The molecule has 0 radical (unpaired) electrons. The van der Waals surface area contributed by atoms with Crippen molar-refractivity contribution < 1.29 is 0 Å². The van der Waals surface area contributed by atoms with Gasteiger partial charge in [0.15, 0.2) is 11.6 Å². The molecule has 4 aromatic carbocycles. The normalized spacial score (nSPS) is 16.7. The molecule has 1 saturated carbocycles. The highest BCUT2D eigenvalue weighted by Gasteiger charge is 2.38. The number of benzene rings is 4. The first-order valence-electron chi connectivity index (χ1n) is 15.0. The van der Waals surface area contributed by atoms with E-state index in [1.165, 1.54) is 30.4 Å². The molecule has 2 aliphatic carbocycles. The molecule has 0 amide bonds. The van der Waals surface area contributed by atoms with Crippen LogP contribution in [0.25, 0.3) is 34.0 Å². The lowest BCUT2D eigenvalue weighted by atomic mass is 9.86. The van der Waals surface area contributed by atoms with Gasteiger partial charge in [0.25, 0.3) is 0 Å². The summed E-state index contributed by atoms with van der Waals surface area (Å²) in [6.45, 7) is 2.27. The van der Waals surface area contributed by atoms with Gasteiger partial charge in [-0.3, -0.25) is 9.88 Å². The first kappa shape index (κ1) is 25.5. The number of aromatic nitrogens is 4. The number of hydrogen-bond donors (Lipinski definition) is 0. The molecular formula is C38H31N5. The van der Waals surface area contributed by atoms with Gasteiger partial charge in [0.1, 0.15) is 0 Å².